The van der Waals surface area contributed by atoms with Crippen LogP contribution in [0.5, 0.6) is 11.5 Å². The summed E-state index contributed by atoms with van der Waals surface area (Å²) in [4.78, 5) is 12.0. The van der Waals surface area contributed by atoms with Gasteiger partial charge in [0.1, 0.15) is 17.3 Å². The van der Waals surface area contributed by atoms with Crippen LogP contribution in [0.2, 0.25) is 0 Å². The minimum atomic E-state index is -0.334. The summed E-state index contributed by atoms with van der Waals surface area (Å²) in [6.07, 6.45) is 0. The zero-order valence-corrected chi connectivity index (χ0v) is 11.0. The Balaban J connectivity index is 2.24. The maximum absolute atomic E-state index is 12.0. The van der Waals surface area contributed by atoms with E-state index in [2.05, 4.69) is 5.32 Å². The molecular formula is C14H15NO4. The number of rotatable bonds is 4. The normalized spacial score (nSPS) is 10.1. The van der Waals surface area contributed by atoms with Gasteiger partial charge < -0.3 is 19.2 Å². The average molecular weight is 261 g/mol. The molecule has 0 bridgehead atoms. The number of methoxy groups -OCH3 is 2. The van der Waals surface area contributed by atoms with Gasteiger partial charge in [0.2, 0.25) is 0 Å². The van der Waals surface area contributed by atoms with Crippen molar-refractivity contribution >= 4 is 11.6 Å². The summed E-state index contributed by atoms with van der Waals surface area (Å²) in [6.45, 7) is 1.78. The number of hydrogen-bond donors (Lipinski definition) is 1. The first-order valence-corrected chi connectivity index (χ1v) is 5.74. The highest BCUT2D eigenvalue weighted by atomic mass is 16.5. The second-order valence-electron chi connectivity index (χ2n) is 3.93. The molecular weight excluding hydrogens is 246 g/mol. The largest absolute Gasteiger partial charge is 0.497 e. The van der Waals surface area contributed by atoms with Gasteiger partial charge in [0.15, 0.2) is 5.76 Å². The van der Waals surface area contributed by atoms with Gasteiger partial charge in [-0.25, -0.2) is 0 Å². The van der Waals surface area contributed by atoms with Crippen LogP contribution in [-0.2, 0) is 0 Å². The van der Waals surface area contributed by atoms with E-state index in [1.807, 2.05) is 0 Å². The molecule has 0 fully saturated rings. The van der Waals surface area contributed by atoms with Gasteiger partial charge in [-0.2, -0.15) is 0 Å². The molecule has 100 valence electrons. The van der Waals surface area contributed by atoms with E-state index in [9.17, 15) is 4.79 Å². The summed E-state index contributed by atoms with van der Waals surface area (Å²) < 4.78 is 15.6. The fraction of sp³-hybridized carbons (Fsp3) is 0.214. The van der Waals surface area contributed by atoms with E-state index in [-0.39, 0.29) is 11.7 Å². The van der Waals surface area contributed by atoms with Gasteiger partial charge in [-0.05, 0) is 31.2 Å². The first-order chi connectivity index (χ1) is 9.13. The Morgan fingerprint density at radius 3 is 2.53 bits per heavy atom. The fourth-order valence-electron chi connectivity index (χ4n) is 1.65. The van der Waals surface area contributed by atoms with E-state index in [1.165, 1.54) is 7.11 Å². The smallest absolute Gasteiger partial charge is 0.291 e. The van der Waals surface area contributed by atoms with Gasteiger partial charge >= 0.3 is 0 Å². The van der Waals surface area contributed by atoms with Crippen molar-refractivity contribution in [2.75, 3.05) is 19.5 Å². The Hall–Kier alpha value is -2.43. The predicted octanol–water partition coefficient (Wildman–Crippen LogP) is 2.86. The molecule has 0 atom stereocenters. The number of ether oxygens (including phenoxy) is 2. The molecule has 0 radical (unpaired) electrons. The minimum absolute atomic E-state index is 0.252. The topological polar surface area (TPSA) is 60.7 Å². The summed E-state index contributed by atoms with van der Waals surface area (Å²) in [5.41, 5.74) is 0.529. The number of carbonyl (C=O) groups is 1. The fourth-order valence-corrected chi connectivity index (χ4v) is 1.65. The van der Waals surface area contributed by atoms with Crippen LogP contribution in [0.15, 0.2) is 34.7 Å². The van der Waals surface area contributed by atoms with E-state index in [0.29, 0.717) is 22.9 Å². The van der Waals surface area contributed by atoms with Crippen molar-refractivity contribution in [3.63, 3.8) is 0 Å². The van der Waals surface area contributed by atoms with E-state index in [0.717, 1.165) is 0 Å². The molecule has 0 unspecified atom stereocenters. The highest BCUT2D eigenvalue weighted by Crippen LogP contribution is 2.29. The third-order valence-electron chi connectivity index (χ3n) is 2.62. The number of amides is 1. The van der Waals surface area contributed by atoms with E-state index >= 15 is 0 Å². The van der Waals surface area contributed by atoms with Crippen LogP contribution in [-0.4, -0.2) is 20.1 Å². The Morgan fingerprint density at radius 2 is 1.95 bits per heavy atom. The quantitative estimate of drug-likeness (QED) is 0.919. The highest BCUT2D eigenvalue weighted by Gasteiger charge is 2.13. The summed E-state index contributed by atoms with van der Waals surface area (Å²) in [6, 6.07) is 8.52. The Kier molecular flexibility index (Phi) is 3.75. The first kappa shape index (κ1) is 13.0. The molecule has 0 aliphatic rings. The number of benzene rings is 1. The van der Waals surface area contributed by atoms with Gasteiger partial charge in [-0.15, -0.1) is 0 Å². The molecule has 0 aliphatic heterocycles. The maximum atomic E-state index is 12.0. The van der Waals surface area contributed by atoms with Crippen molar-refractivity contribution in [3.8, 4) is 11.5 Å². The molecule has 1 N–H and O–H groups in total. The Bertz CT molecular complexity index is 589. The monoisotopic (exact) mass is 261 g/mol. The zero-order valence-electron chi connectivity index (χ0n) is 11.0. The number of hydrogen-bond acceptors (Lipinski definition) is 4. The van der Waals surface area contributed by atoms with Crippen LogP contribution in [0.4, 0.5) is 5.69 Å². The third kappa shape index (κ3) is 2.88. The molecule has 2 aromatic rings. The van der Waals surface area contributed by atoms with Crippen LogP contribution in [0.25, 0.3) is 0 Å². The first-order valence-electron chi connectivity index (χ1n) is 5.74. The second kappa shape index (κ2) is 5.48. The van der Waals surface area contributed by atoms with Crippen molar-refractivity contribution in [1.29, 1.82) is 0 Å². The average Bonchev–Trinajstić information content (AvgIpc) is 2.85. The third-order valence-corrected chi connectivity index (χ3v) is 2.62. The molecule has 1 heterocycles. The molecule has 5 nitrogen and oxygen atoms in total. The van der Waals surface area contributed by atoms with Gasteiger partial charge in [0.25, 0.3) is 5.91 Å². The number of anilines is 1. The summed E-state index contributed by atoms with van der Waals surface area (Å²) >= 11 is 0. The van der Waals surface area contributed by atoms with E-state index in [1.54, 1.807) is 44.4 Å². The van der Waals surface area contributed by atoms with Gasteiger partial charge in [-0.3, -0.25) is 4.79 Å². The lowest BCUT2D eigenvalue weighted by atomic mass is 10.2. The molecule has 2 rings (SSSR count). The molecule has 1 amide bonds. The zero-order chi connectivity index (χ0) is 13.8. The molecule has 0 spiro atoms. The number of aryl methyl sites for hydroxylation is 1. The maximum Gasteiger partial charge on any atom is 0.291 e. The molecule has 1 aromatic carbocycles. The lowest BCUT2D eigenvalue weighted by molar-refractivity contribution is 0.0995. The van der Waals surface area contributed by atoms with Gasteiger partial charge in [0.05, 0.1) is 19.9 Å². The van der Waals surface area contributed by atoms with Crippen molar-refractivity contribution in [2.45, 2.75) is 6.92 Å². The van der Waals surface area contributed by atoms with E-state index in [4.69, 9.17) is 13.9 Å². The minimum Gasteiger partial charge on any atom is -0.497 e. The molecule has 0 aliphatic carbocycles. The summed E-state index contributed by atoms with van der Waals surface area (Å²) in [5.74, 6) is 1.79. The van der Waals surface area contributed by atoms with Crippen molar-refractivity contribution < 1.29 is 18.7 Å². The Morgan fingerprint density at radius 1 is 1.16 bits per heavy atom. The van der Waals surface area contributed by atoms with Crippen LogP contribution in [0, 0.1) is 6.92 Å². The van der Waals surface area contributed by atoms with Crippen molar-refractivity contribution in [3.05, 3.63) is 41.9 Å². The lowest BCUT2D eigenvalue weighted by Gasteiger charge is -2.10. The van der Waals surface area contributed by atoms with Crippen molar-refractivity contribution in [2.24, 2.45) is 0 Å². The number of furan rings is 1. The summed E-state index contributed by atoms with van der Waals surface area (Å²) in [5, 5.41) is 2.73. The molecule has 0 saturated carbocycles. The van der Waals surface area contributed by atoms with Gasteiger partial charge in [0, 0.05) is 6.07 Å². The highest BCUT2D eigenvalue weighted by molar-refractivity contribution is 6.03. The van der Waals surface area contributed by atoms with Crippen LogP contribution in [0.3, 0.4) is 0 Å². The molecule has 0 saturated heterocycles. The molecule has 5 heteroatoms. The number of nitrogens with one attached hydrogen (secondary N) is 1. The molecule has 1 aromatic heterocycles. The SMILES string of the molecule is COc1ccc(OC)c(NC(=O)c2ccc(C)o2)c1. The number of carbonyl (C=O) groups excluding carboxylic acids is 1. The standard InChI is InChI=1S/C14H15NO4/c1-9-4-6-13(19-9)14(16)15-11-8-10(17-2)5-7-12(11)18-3/h4-8H,1-3H3,(H,15,16). The lowest BCUT2D eigenvalue weighted by Crippen LogP contribution is -2.11. The van der Waals surface area contributed by atoms with Crippen LogP contribution in [0.1, 0.15) is 16.3 Å². The van der Waals surface area contributed by atoms with Crippen molar-refractivity contribution in [1.82, 2.24) is 0 Å². The van der Waals surface area contributed by atoms with Gasteiger partial charge in [-0.1, -0.05) is 0 Å². The van der Waals surface area contributed by atoms with Crippen LogP contribution >= 0.6 is 0 Å². The van der Waals surface area contributed by atoms with E-state index < -0.39 is 0 Å². The van der Waals surface area contributed by atoms with Crippen LogP contribution < -0.4 is 14.8 Å². The molecule has 19 heavy (non-hydrogen) atoms. The predicted molar refractivity (Wildman–Crippen MR) is 70.9 cm³/mol. The Labute approximate surface area is 111 Å². The summed E-state index contributed by atoms with van der Waals surface area (Å²) in [7, 11) is 3.10. The second-order valence-corrected chi connectivity index (χ2v) is 3.93.